The van der Waals surface area contributed by atoms with Gasteiger partial charge in [0.25, 0.3) is 17.6 Å². The van der Waals surface area contributed by atoms with Crippen LogP contribution in [0.25, 0.3) is 10.4 Å². The number of β-amino-alcohol motifs (C(OH)–C–C–N with tert-alkyl or cyclic N) is 1. The number of Topliss-reactive ketones (excluding diaryl/α,β-unsaturated/α-hetero) is 1. The van der Waals surface area contributed by atoms with Crippen LogP contribution in [0.3, 0.4) is 0 Å². The number of likely N-dealkylation sites (tertiary alicyclic amines) is 2. The highest BCUT2D eigenvalue weighted by atomic mass is 35.5. The minimum Gasteiger partial charge on any atom is -0.391 e. The van der Waals surface area contributed by atoms with Gasteiger partial charge in [-0.15, -0.1) is 16.4 Å². The molecule has 2 aromatic heterocycles. The van der Waals surface area contributed by atoms with E-state index in [1.807, 2.05) is 64.4 Å². The van der Waals surface area contributed by atoms with Crippen LogP contribution in [0.2, 0.25) is 5.02 Å². The lowest BCUT2D eigenvalue weighted by atomic mass is 9.85. The summed E-state index contributed by atoms with van der Waals surface area (Å²) in [7, 11) is -3.55. The Kier molecular flexibility index (Phi) is 19.0. The molecule has 0 saturated carbocycles. The van der Waals surface area contributed by atoms with Crippen molar-refractivity contribution in [3.05, 3.63) is 81.2 Å². The molecule has 442 valence electrons. The Balaban J connectivity index is 0.637. The molecule has 0 spiro atoms. The Bertz CT molecular complexity index is 3140. The Morgan fingerprint density at radius 3 is 2.34 bits per heavy atom. The highest BCUT2D eigenvalue weighted by molar-refractivity contribution is 7.89. The first kappa shape index (κ1) is 60.4. The average Bonchev–Trinajstić information content (AvgIpc) is 3.77. The maximum atomic E-state index is 14.2. The van der Waals surface area contributed by atoms with Crippen molar-refractivity contribution in [2.75, 3.05) is 43.8 Å². The summed E-state index contributed by atoms with van der Waals surface area (Å²) in [6.45, 7) is 12.1. The zero-order valence-corrected chi connectivity index (χ0v) is 49.5. The number of sulfonamides is 1. The lowest BCUT2D eigenvalue weighted by molar-refractivity contribution is -0.144. The maximum absolute atomic E-state index is 14.2. The smallest absolute Gasteiger partial charge is 0.296 e. The molecule has 0 aliphatic carbocycles. The molecule has 25 heteroatoms. The van der Waals surface area contributed by atoms with Gasteiger partial charge in [-0.05, 0) is 132 Å². The Morgan fingerprint density at radius 1 is 0.939 bits per heavy atom. The number of fused-ring (bicyclic) bond motifs is 3. The third-order valence-electron chi connectivity index (χ3n) is 16.5. The van der Waals surface area contributed by atoms with Crippen LogP contribution >= 0.6 is 22.9 Å². The first-order valence-electron chi connectivity index (χ1n) is 28.5. The highest BCUT2D eigenvalue weighted by Crippen LogP contribution is 2.40. The molecule has 4 saturated heterocycles. The van der Waals surface area contributed by atoms with E-state index in [2.05, 4.69) is 46.8 Å². The number of anilines is 1. The summed E-state index contributed by atoms with van der Waals surface area (Å²) in [6, 6.07) is 7.72. The van der Waals surface area contributed by atoms with E-state index < -0.39 is 57.1 Å². The molecular weight excluding hydrogens is 1110 g/mol. The quantitative estimate of drug-likeness (QED) is 0.0465. The zero-order valence-electron chi connectivity index (χ0n) is 47.1. The summed E-state index contributed by atoms with van der Waals surface area (Å²) in [6.07, 6.45) is 7.32. The summed E-state index contributed by atoms with van der Waals surface area (Å²) in [4.78, 5) is 100. The van der Waals surface area contributed by atoms with Gasteiger partial charge < -0.3 is 41.5 Å². The summed E-state index contributed by atoms with van der Waals surface area (Å²) in [5.41, 5.74) is 5.13. The molecule has 5 aliphatic rings. The third kappa shape index (κ3) is 14.4. The molecule has 2 aromatic carbocycles. The number of carbonyl (C=O) groups is 7. The molecule has 2 bridgehead atoms. The molecule has 7 heterocycles. The molecule has 6 N–H and O–H groups in total. The van der Waals surface area contributed by atoms with E-state index >= 15 is 0 Å². The molecule has 5 aliphatic heterocycles. The molecule has 0 radical (unpaired) electrons. The summed E-state index contributed by atoms with van der Waals surface area (Å²) < 4.78 is 31.0. The Hall–Kier alpha value is -6.18. The number of aliphatic hydroxyl groups is 1. The van der Waals surface area contributed by atoms with Crippen LogP contribution in [0, 0.1) is 18.3 Å². The molecule has 4 fully saturated rings. The number of unbranched alkanes of at least 4 members (excludes halogenated alkanes) is 1. The number of halogens is 1. The van der Waals surface area contributed by atoms with Crippen molar-refractivity contribution in [3.63, 3.8) is 0 Å². The minimum absolute atomic E-state index is 0.00143. The molecule has 6 amide bonds. The van der Waals surface area contributed by atoms with Gasteiger partial charge in [-0.25, -0.2) is 18.1 Å². The Morgan fingerprint density at radius 2 is 1.66 bits per heavy atom. The average molecular weight is 1190 g/mol. The van der Waals surface area contributed by atoms with Crippen molar-refractivity contribution in [2.45, 2.75) is 161 Å². The number of aryl methyl sites for hydroxylation is 2. The minimum atomic E-state index is -3.55. The van der Waals surface area contributed by atoms with Gasteiger partial charge in [-0.3, -0.25) is 33.6 Å². The summed E-state index contributed by atoms with van der Waals surface area (Å²) in [5, 5.41) is 33.5. The number of benzene rings is 2. The number of rotatable bonds is 22. The number of hydrogen-bond acceptors (Lipinski definition) is 15. The number of nitrogens with one attached hydrogen (secondary N) is 5. The first-order valence-corrected chi connectivity index (χ1v) is 31.4. The first-order chi connectivity index (χ1) is 39.0. The van der Waals surface area contributed by atoms with Gasteiger partial charge in [-0.2, -0.15) is 4.31 Å². The maximum Gasteiger partial charge on any atom is 0.296 e. The fraction of sp³-hybridized carbons (Fsp3) is 0.579. The van der Waals surface area contributed by atoms with Gasteiger partial charge in [0.15, 0.2) is 0 Å². The van der Waals surface area contributed by atoms with Crippen molar-refractivity contribution >= 4 is 79.9 Å². The predicted molar refractivity (Wildman–Crippen MR) is 308 cm³/mol. The number of piperidine rings is 2. The van der Waals surface area contributed by atoms with Crippen LogP contribution < -0.4 is 26.6 Å². The summed E-state index contributed by atoms with van der Waals surface area (Å²) >= 11 is 7.92. The van der Waals surface area contributed by atoms with Gasteiger partial charge >= 0.3 is 0 Å². The fourth-order valence-electron chi connectivity index (χ4n) is 12.2. The van der Waals surface area contributed by atoms with E-state index in [9.17, 15) is 47.1 Å². The normalized spacial score (nSPS) is 22.1. The van der Waals surface area contributed by atoms with Gasteiger partial charge in [-0.1, -0.05) is 61.9 Å². The standard InChI is InChI=1S/C57H75ClN12O10S2/c1-33(36-11-13-37(14-12-36)51-34(2)60-32-81-51)61-54(76)47-25-42(71)29-69(47)56(78)52(57(3,4)5)64-48(72)10-7-6-9-38-28-68(66-65-38)30-49(73)59-19-8-20-67-21-17-35(18-22-67)31-82(79,80)70-40-15-16-41(70)24-39(23-40)62-53(75)43-26-44-46(27-45(43)58)63-55(77)50(44)74/h11-14,26-28,32-33,35,39-42,47,52,71H,6-10,15-25,29-31H2,1-5H3,(H,59,73)(H,61,76)(H,62,75)(H,64,72)(H,63,74,77)/t33-,39?,40-,41?,42+,47-,52+/m0/s1. The third-order valence-corrected chi connectivity index (χ3v) is 20.0. The highest BCUT2D eigenvalue weighted by Gasteiger charge is 2.48. The van der Waals surface area contributed by atoms with Crippen molar-refractivity contribution in [1.29, 1.82) is 0 Å². The number of thiazole rings is 1. The SMILES string of the molecule is Cc1ncsc1-c1ccc([C@H](C)NC(=O)[C@@H]2C[C@@H](O)CN2C(=O)[C@@H](NC(=O)CCCCc2cn(CC(=O)NCCCN3CCC(CS(=O)(=O)N4C5CC[C@H]4CC(NC(=O)c4cc6c(cc4Cl)NC(=O)C6=O)C5)CC3)nn2)C(C)(C)C)cc1. The summed E-state index contributed by atoms with van der Waals surface area (Å²) in [5.74, 6) is -3.17. The molecule has 4 aromatic rings. The van der Waals surface area contributed by atoms with E-state index in [0.717, 1.165) is 73.4 Å². The van der Waals surface area contributed by atoms with E-state index in [1.165, 1.54) is 21.7 Å². The number of aliphatic hydroxyl groups excluding tert-OH is 1. The molecule has 9 rings (SSSR count). The number of hydrogen-bond donors (Lipinski definition) is 6. The second kappa shape index (κ2) is 25.8. The van der Waals surface area contributed by atoms with E-state index in [-0.39, 0.29) is 101 Å². The number of nitrogens with zero attached hydrogens (tertiary/aromatic N) is 7. The monoisotopic (exact) mass is 1190 g/mol. The van der Waals surface area contributed by atoms with Crippen molar-refractivity contribution < 1.29 is 47.1 Å². The fourth-order valence-corrected chi connectivity index (χ4v) is 15.6. The van der Waals surface area contributed by atoms with E-state index in [0.29, 0.717) is 44.3 Å². The zero-order chi connectivity index (χ0) is 58.6. The molecule has 7 atom stereocenters. The molecule has 2 unspecified atom stereocenters. The van der Waals surface area contributed by atoms with Crippen molar-refractivity contribution in [1.82, 2.24) is 55.4 Å². The van der Waals surface area contributed by atoms with Crippen LogP contribution in [0.1, 0.15) is 142 Å². The van der Waals surface area contributed by atoms with Crippen LogP contribution in [0.15, 0.2) is 48.1 Å². The number of aromatic nitrogens is 4. The number of ketones is 1. The van der Waals surface area contributed by atoms with Crippen LogP contribution in [0.5, 0.6) is 0 Å². The van der Waals surface area contributed by atoms with Crippen LogP contribution in [0.4, 0.5) is 5.69 Å². The number of amides is 6. The van der Waals surface area contributed by atoms with Crippen LogP contribution in [-0.2, 0) is 47.0 Å². The topological polar surface area (TPSA) is 287 Å². The van der Waals surface area contributed by atoms with E-state index in [4.69, 9.17) is 11.6 Å². The van der Waals surface area contributed by atoms with Gasteiger partial charge in [0, 0.05) is 50.3 Å². The van der Waals surface area contributed by atoms with Gasteiger partial charge in [0.1, 0.15) is 18.6 Å². The number of carbonyl (C=O) groups excluding carboxylic acids is 7. The lowest BCUT2D eigenvalue weighted by Gasteiger charge is -2.39. The van der Waals surface area contributed by atoms with Crippen LogP contribution in [-0.4, -0.2) is 164 Å². The second-order valence-corrected chi connectivity index (χ2v) is 27.0. The Labute approximate surface area is 487 Å². The van der Waals surface area contributed by atoms with Gasteiger partial charge in [0.2, 0.25) is 33.7 Å². The second-order valence-electron chi connectivity index (χ2n) is 23.8. The van der Waals surface area contributed by atoms with E-state index in [1.54, 1.807) is 21.8 Å². The van der Waals surface area contributed by atoms with Crippen molar-refractivity contribution in [2.24, 2.45) is 11.3 Å². The largest absolute Gasteiger partial charge is 0.391 e. The predicted octanol–water partition coefficient (Wildman–Crippen LogP) is 4.55. The molecule has 22 nitrogen and oxygen atoms in total. The van der Waals surface area contributed by atoms with Crippen molar-refractivity contribution in [3.8, 4) is 10.4 Å². The molecule has 82 heavy (non-hydrogen) atoms. The lowest BCUT2D eigenvalue weighted by Crippen LogP contribution is -2.57. The van der Waals surface area contributed by atoms with Gasteiger partial charge in [0.05, 0.1) is 61.5 Å². The molecular formula is C57H75ClN12O10S2.